The standard InChI is InChI=1S/C32H29ClF3N3O3S/c1-19(2)15-26-23(30(40)38-13-5-4-6-14-38)17-24(29-37-25(18-43-29)20-7-10-22(33)11-8-20)31(41)39(26)27-16-21(32(34,35)36)9-12-28(27)42-3/h7-12,15-18H,4-6,13-14H2,1-3H3. The highest BCUT2D eigenvalue weighted by atomic mass is 35.5. The molecule has 0 saturated carbocycles. The van der Waals surface area contributed by atoms with Crippen molar-refractivity contribution in [2.75, 3.05) is 20.2 Å². The summed E-state index contributed by atoms with van der Waals surface area (Å²) in [5, 5.41) is 2.67. The van der Waals surface area contributed by atoms with Crippen LogP contribution in [0.4, 0.5) is 13.2 Å². The fourth-order valence-electron chi connectivity index (χ4n) is 5.07. The number of alkyl halides is 3. The van der Waals surface area contributed by atoms with Crippen molar-refractivity contribution >= 4 is 34.9 Å². The van der Waals surface area contributed by atoms with Crippen molar-refractivity contribution in [3.8, 4) is 33.3 Å². The lowest BCUT2D eigenvalue weighted by atomic mass is 10.0. The first-order chi connectivity index (χ1) is 20.5. The summed E-state index contributed by atoms with van der Waals surface area (Å²) in [5.41, 5.74) is 0.879. The molecule has 11 heteroatoms. The molecule has 2 aromatic carbocycles. The van der Waals surface area contributed by atoms with Crippen LogP contribution in [-0.4, -0.2) is 40.6 Å². The Kier molecular flexibility index (Phi) is 8.80. The number of rotatable bonds is 6. The molecule has 0 aliphatic carbocycles. The SMILES string of the molecule is COc1ccc(C(F)(F)F)cc1-n1c(C=C(C)C)c(C(=O)N2CCCCC2)cc(-c2nc(-c3ccc(Cl)cc3)cs2)c1=O. The number of hydrogen-bond acceptors (Lipinski definition) is 5. The Morgan fingerprint density at radius 2 is 1.74 bits per heavy atom. The fourth-order valence-corrected chi connectivity index (χ4v) is 6.03. The molecule has 1 aliphatic heterocycles. The average Bonchev–Trinajstić information content (AvgIpc) is 3.47. The Morgan fingerprint density at radius 3 is 2.37 bits per heavy atom. The van der Waals surface area contributed by atoms with Gasteiger partial charge >= 0.3 is 6.18 Å². The van der Waals surface area contributed by atoms with Gasteiger partial charge in [0.05, 0.1) is 40.9 Å². The highest BCUT2D eigenvalue weighted by molar-refractivity contribution is 7.13. The summed E-state index contributed by atoms with van der Waals surface area (Å²) in [4.78, 5) is 34.8. The summed E-state index contributed by atoms with van der Waals surface area (Å²) in [5.74, 6) is -0.254. The molecule has 0 bridgehead atoms. The van der Waals surface area contributed by atoms with Crippen LogP contribution in [0.1, 0.15) is 54.7 Å². The number of amides is 1. The molecule has 224 valence electrons. The van der Waals surface area contributed by atoms with Gasteiger partial charge in [0, 0.05) is 29.1 Å². The van der Waals surface area contributed by atoms with Crippen LogP contribution in [0.3, 0.4) is 0 Å². The van der Waals surface area contributed by atoms with Gasteiger partial charge in [-0.1, -0.05) is 29.3 Å². The van der Waals surface area contributed by atoms with Crippen molar-refractivity contribution in [3.63, 3.8) is 0 Å². The number of carbonyl (C=O) groups excluding carboxylic acids is 1. The van der Waals surface area contributed by atoms with Crippen molar-refractivity contribution in [3.05, 3.63) is 91.7 Å². The lowest BCUT2D eigenvalue weighted by molar-refractivity contribution is -0.137. The van der Waals surface area contributed by atoms with Crippen LogP contribution in [0.5, 0.6) is 5.75 Å². The van der Waals surface area contributed by atoms with E-state index in [0.29, 0.717) is 28.8 Å². The molecule has 0 N–H and O–H groups in total. The van der Waals surface area contributed by atoms with Gasteiger partial charge in [-0.3, -0.25) is 14.2 Å². The van der Waals surface area contributed by atoms with E-state index >= 15 is 0 Å². The summed E-state index contributed by atoms with van der Waals surface area (Å²) >= 11 is 7.24. The Bertz CT molecular complexity index is 1750. The Hall–Kier alpha value is -3.89. The Morgan fingerprint density at radius 1 is 1.05 bits per heavy atom. The van der Waals surface area contributed by atoms with Crippen LogP contribution in [0.15, 0.2) is 64.3 Å². The number of thiazole rings is 1. The maximum absolute atomic E-state index is 14.4. The lowest BCUT2D eigenvalue weighted by Gasteiger charge is -2.28. The molecule has 0 unspecified atom stereocenters. The number of allylic oxidation sites excluding steroid dienone is 1. The summed E-state index contributed by atoms with van der Waals surface area (Å²) < 4.78 is 48.3. The third-order valence-corrected chi connectivity index (χ3v) is 8.29. The van der Waals surface area contributed by atoms with Crippen LogP contribution >= 0.6 is 22.9 Å². The van der Waals surface area contributed by atoms with E-state index in [1.165, 1.54) is 30.6 Å². The Labute approximate surface area is 256 Å². The first kappa shape index (κ1) is 30.6. The van der Waals surface area contributed by atoms with Crippen molar-refractivity contribution in [1.82, 2.24) is 14.5 Å². The molecule has 0 atom stereocenters. The van der Waals surface area contributed by atoms with Gasteiger partial charge in [0.25, 0.3) is 11.5 Å². The summed E-state index contributed by atoms with van der Waals surface area (Å²) in [7, 11) is 1.32. The van der Waals surface area contributed by atoms with Gasteiger partial charge in [-0.15, -0.1) is 11.3 Å². The number of pyridine rings is 1. The average molecular weight is 628 g/mol. The van der Waals surface area contributed by atoms with Crippen molar-refractivity contribution in [1.29, 1.82) is 0 Å². The minimum atomic E-state index is -4.67. The third kappa shape index (κ3) is 6.40. The molecule has 5 rings (SSSR count). The van der Waals surface area contributed by atoms with Gasteiger partial charge < -0.3 is 9.64 Å². The molecular formula is C32H29ClF3N3O3S. The molecule has 1 fully saturated rings. The number of aromatic nitrogens is 2. The van der Waals surface area contributed by atoms with Crippen LogP contribution < -0.4 is 10.3 Å². The van der Waals surface area contributed by atoms with E-state index < -0.39 is 17.3 Å². The molecule has 43 heavy (non-hydrogen) atoms. The summed E-state index contributed by atoms with van der Waals surface area (Å²) in [6.07, 6.45) is -0.343. The minimum Gasteiger partial charge on any atom is -0.495 e. The second kappa shape index (κ2) is 12.4. The number of likely N-dealkylation sites (tertiary alicyclic amines) is 1. The maximum atomic E-state index is 14.4. The lowest BCUT2D eigenvalue weighted by Crippen LogP contribution is -2.37. The van der Waals surface area contributed by atoms with Gasteiger partial charge in [0.2, 0.25) is 0 Å². The van der Waals surface area contributed by atoms with Gasteiger partial charge in [-0.2, -0.15) is 13.2 Å². The van der Waals surface area contributed by atoms with E-state index in [2.05, 4.69) is 4.98 Å². The number of piperidine rings is 1. The van der Waals surface area contributed by atoms with Crippen molar-refractivity contribution < 1.29 is 22.7 Å². The summed E-state index contributed by atoms with van der Waals surface area (Å²) in [6, 6.07) is 11.5. The highest BCUT2D eigenvalue weighted by Crippen LogP contribution is 2.36. The number of hydrogen-bond donors (Lipinski definition) is 0. The monoisotopic (exact) mass is 627 g/mol. The first-order valence-corrected chi connectivity index (χ1v) is 15.0. The van der Waals surface area contributed by atoms with E-state index in [1.807, 2.05) is 0 Å². The molecule has 3 heterocycles. The number of methoxy groups -OCH3 is 1. The van der Waals surface area contributed by atoms with E-state index in [9.17, 15) is 22.8 Å². The second-order valence-corrected chi connectivity index (χ2v) is 11.8. The molecule has 2 aromatic heterocycles. The second-order valence-electron chi connectivity index (χ2n) is 10.5. The first-order valence-electron chi connectivity index (χ1n) is 13.7. The molecule has 1 aliphatic rings. The van der Waals surface area contributed by atoms with Crippen LogP contribution in [0.25, 0.3) is 33.6 Å². The van der Waals surface area contributed by atoms with Gasteiger partial charge in [-0.25, -0.2) is 4.98 Å². The number of benzene rings is 2. The van der Waals surface area contributed by atoms with Gasteiger partial charge in [0.1, 0.15) is 10.8 Å². The van der Waals surface area contributed by atoms with Gasteiger partial charge in [0.15, 0.2) is 0 Å². The smallest absolute Gasteiger partial charge is 0.416 e. The zero-order valence-electron chi connectivity index (χ0n) is 23.8. The third-order valence-electron chi connectivity index (χ3n) is 7.16. The number of halogens is 4. The quantitative estimate of drug-likeness (QED) is 0.215. The van der Waals surface area contributed by atoms with Crippen molar-refractivity contribution in [2.45, 2.75) is 39.3 Å². The minimum absolute atomic E-state index is 0.0491. The molecule has 1 saturated heterocycles. The maximum Gasteiger partial charge on any atom is 0.416 e. The molecule has 1 amide bonds. The number of ether oxygens (including phenoxy) is 1. The van der Waals surface area contributed by atoms with Crippen molar-refractivity contribution in [2.24, 2.45) is 0 Å². The fraction of sp³-hybridized carbons (Fsp3) is 0.281. The normalized spacial score (nSPS) is 13.6. The topological polar surface area (TPSA) is 64.4 Å². The van der Waals surface area contributed by atoms with E-state index in [4.69, 9.17) is 16.3 Å². The van der Waals surface area contributed by atoms with Crippen LogP contribution in [0.2, 0.25) is 5.02 Å². The molecular weight excluding hydrogens is 599 g/mol. The molecule has 0 radical (unpaired) electrons. The highest BCUT2D eigenvalue weighted by Gasteiger charge is 2.33. The molecule has 4 aromatic rings. The zero-order chi connectivity index (χ0) is 30.9. The van der Waals surface area contributed by atoms with E-state index in [-0.39, 0.29) is 34.2 Å². The number of carbonyl (C=O) groups is 1. The predicted octanol–water partition coefficient (Wildman–Crippen LogP) is 8.36. The van der Waals surface area contributed by atoms with E-state index in [1.54, 1.807) is 54.5 Å². The molecule has 0 spiro atoms. The summed E-state index contributed by atoms with van der Waals surface area (Å²) in [6.45, 7) is 4.68. The molecule has 6 nitrogen and oxygen atoms in total. The Balaban J connectivity index is 1.82. The van der Waals surface area contributed by atoms with Gasteiger partial charge in [-0.05, 0) is 75.6 Å². The zero-order valence-corrected chi connectivity index (χ0v) is 25.4. The van der Waals surface area contributed by atoms with E-state index in [0.717, 1.165) is 47.1 Å². The van der Waals surface area contributed by atoms with Crippen LogP contribution in [-0.2, 0) is 6.18 Å². The van der Waals surface area contributed by atoms with Crippen LogP contribution in [0, 0.1) is 0 Å². The number of nitrogens with zero attached hydrogens (tertiary/aromatic N) is 3. The largest absolute Gasteiger partial charge is 0.495 e. The predicted molar refractivity (Wildman–Crippen MR) is 164 cm³/mol.